The first kappa shape index (κ1) is 12.6. The fourth-order valence-electron chi connectivity index (χ4n) is 1.85. The molecule has 0 fully saturated rings. The Morgan fingerprint density at radius 2 is 1.82 bits per heavy atom. The Labute approximate surface area is 110 Å². The quantitative estimate of drug-likeness (QED) is 0.640. The highest BCUT2D eigenvalue weighted by atomic mass is 35.5. The van der Waals surface area contributed by atoms with Gasteiger partial charge in [-0.15, -0.1) is 11.3 Å². The van der Waals surface area contributed by atoms with Crippen LogP contribution in [0, 0.1) is 5.82 Å². The Kier molecular flexibility index (Phi) is 3.28. The van der Waals surface area contributed by atoms with Crippen LogP contribution < -0.4 is 0 Å². The van der Waals surface area contributed by atoms with E-state index in [2.05, 4.69) is 20.8 Å². The zero-order valence-corrected chi connectivity index (χ0v) is 11.6. The minimum atomic E-state index is -0.184. The Morgan fingerprint density at radius 1 is 1.12 bits per heavy atom. The maximum absolute atomic E-state index is 14.0. The van der Waals surface area contributed by atoms with Gasteiger partial charge in [0.05, 0.1) is 4.34 Å². The van der Waals surface area contributed by atoms with Gasteiger partial charge in [-0.25, -0.2) is 4.39 Å². The Bertz CT molecular complexity index is 537. The first-order valence-electron chi connectivity index (χ1n) is 5.44. The van der Waals surface area contributed by atoms with Gasteiger partial charge in [0.1, 0.15) is 5.82 Å². The maximum Gasteiger partial charge on any atom is 0.132 e. The summed E-state index contributed by atoms with van der Waals surface area (Å²) in [5, 5.41) is 0. The molecule has 0 spiro atoms. The smallest absolute Gasteiger partial charge is 0.132 e. The Morgan fingerprint density at radius 3 is 2.35 bits per heavy atom. The van der Waals surface area contributed by atoms with Crippen molar-refractivity contribution in [2.24, 2.45) is 0 Å². The molecule has 0 amide bonds. The van der Waals surface area contributed by atoms with Crippen LogP contribution in [0.4, 0.5) is 4.39 Å². The number of hydrogen-bond donors (Lipinski definition) is 0. The van der Waals surface area contributed by atoms with Gasteiger partial charge in [0, 0.05) is 10.4 Å². The lowest BCUT2D eigenvalue weighted by Crippen LogP contribution is -2.13. The molecule has 2 aromatic rings. The summed E-state index contributed by atoms with van der Waals surface area (Å²) in [6.07, 6.45) is 0. The Balaban J connectivity index is 2.67. The molecule has 1 heterocycles. The number of rotatable bonds is 1. The maximum atomic E-state index is 14.0. The second-order valence-corrected chi connectivity index (χ2v) is 6.73. The molecule has 0 unspecified atom stereocenters. The average Bonchev–Trinajstić information content (AvgIpc) is 2.63. The first-order valence-corrected chi connectivity index (χ1v) is 6.64. The number of halogens is 2. The van der Waals surface area contributed by atoms with Gasteiger partial charge in [-0.05, 0) is 29.2 Å². The highest BCUT2D eigenvalue weighted by Crippen LogP contribution is 2.39. The van der Waals surface area contributed by atoms with Crippen LogP contribution in [-0.2, 0) is 5.41 Å². The van der Waals surface area contributed by atoms with E-state index in [1.54, 1.807) is 12.1 Å². The van der Waals surface area contributed by atoms with Crippen molar-refractivity contribution >= 4 is 22.9 Å². The van der Waals surface area contributed by atoms with Crippen LogP contribution in [0.1, 0.15) is 26.3 Å². The van der Waals surface area contributed by atoms with Crippen molar-refractivity contribution in [2.45, 2.75) is 26.2 Å². The van der Waals surface area contributed by atoms with Gasteiger partial charge in [-0.1, -0.05) is 44.5 Å². The third-order valence-corrected chi connectivity index (χ3v) is 3.89. The largest absolute Gasteiger partial charge is 0.206 e. The fourth-order valence-corrected chi connectivity index (χ4v) is 2.95. The summed E-state index contributed by atoms with van der Waals surface area (Å²) >= 11 is 7.34. The molecule has 0 radical (unpaired) electrons. The second-order valence-electron chi connectivity index (χ2n) is 5.02. The first-order chi connectivity index (χ1) is 7.89. The molecule has 90 valence electrons. The monoisotopic (exact) mass is 268 g/mol. The van der Waals surface area contributed by atoms with Crippen LogP contribution in [-0.4, -0.2) is 0 Å². The van der Waals surface area contributed by atoms with E-state index in [1.165, 1.54) is 17.4 Å². The van der Waals surface area contributed by atoms with Gasteiger partial charge in [-0.3, -0.25) is 0 Å². The molecule has 1 aromatic heterocycles. The van der Waals surface area contributed by atoms with E-state index in [9.17, 15) is 4.39 Å². The molecule has 3 heteroatoms. The minimum Gasteiger partial charge on any atom is -0.206 e. The molecule has 1 aromatic carbocycles. The van der Waals surface area contributed by atoms with Crippen LogP contribution in [0.5, 0.6) is 0 Å². The van der Waals surface area contributed by atoms with Crippen LogP contribution in [0.3, 0.4) is 0 Å². The van der Waals surface area contributed by atoms with E-state index in [0.29, 0.717) is 9.90 Å². The van der Waals surface area contributed by atoms with Crippen molar-refractivity contribution in [3.8, 4) is 10.4 Å². The van der Waals surface area contributed by atoms with Gasteiger partial charge in [0.15, 0.2) is 0 Å². The van der Waals surface area contributed by atoms with E-state index in [4.69, 9.17) is 11.6 Å². The summed E-state index contributed by atoms with van der Waals surface area (Å²) in [6.45, 7) is 6.25. The van der Waals surface area contributed by atoms with Crippen molar-refractivity contribution in [3.05, 3.63) is 46.0 Å². The summed E-state index contributed by atoms with van der Waals surface area (Å²) in [6, 6.07) is 8.92. The molecule has 17 heavy (non-hydrogen) atoms. The molecular formula is C14H14ClFS. The molecule has 0 aliphatic rings. The van der Waals surface area contributed by atoms with Crippen LogP contribution in [0.25, 0.3) is 10.4 Å². The Hall–Kier alpha value is -0.860. The van der Waals surface area contributed by atoms with Crippen LogP contribution in [0.15, 0.2) is 30.3 Å². The molecule has 0 nitrogen and oxygen atoms in total. The summed E-state index contributed by atoms with van der Waals surface area (Å²) in [5.74, 6) is -0.184. The summed E-state index contributed by atoms with van der Waals surface area (Å²) < 4.78 is 14.7. The highest BCUT2D eigenvalue weighted by Gasteiger charge is 2.22. The van der Waals surface area contributed by atoms with E-state index in [1.807, 2.05) is 12.1 Å². The molecule has 0 saturated heterocycles. The fraction of sp³-hybridized carbons (Fsp3) is 0.286. The summed E-state index contributed by atoms with van der Waals surface area (Å²) in [7, 11) is 0. The highest BCUT2D eigenvalue weighted by molar-refractivity contribution is 7.19. The molecule has 2 rings (SSSR count). The third-order valence-electron chi connectivity index (χ3n) is 2.64. The van der Waals surface area contributed by atoms with Crippen molar-refractivity contribution in [1.82, 2.24) is 0 Å². The molecule has 0 atom stereocenters. The van der Waals surface area contributed by atoms with E-state index < -0.39 is 0 Å². The number of thiophene rings is 1. The summed E-state index contributed by atoms with van der Waals surface area (Å²) in [5.41, 5.74) is 1.60. The van der Waals surface area contributed by atoms with Crippen molar-refractivity contribution < 1.29 is 4.39 Å². The van der Waals surface area contributed by atoms with Crippen molar-refractivity contribution in [1.29, 1.82) is 0 Å². The minimum absolute atomic E-state index is 0.0894. The lowest BCUT2D eigenvalue weighted by molar-refractivity contribution is 0.576. The van der Waals surface area contributed by atoms with Crippen molar-refractivity contribution in [2.75, 3.05) is 0 Å². The normalized spacial score (nSPS) is 11.8. The zero-order valence-electron chi connectivity index (χ0n) is 10.1. The van der Waals surface area contributed by atoms with Crippen molar-refractivity contribution in [3.63, 3.8) is 0 Å². The van der Waals surface area contributed by atoms with Gasteiger partial charge in [0.25, 0.3) is 0 Å². The van der Waals surface area contributed by atoms with Gasteiger partial charge >= 0.3 is 0 Å². The van der Waals surface area contributed by atoms with Crippen LogP contribution in [0.2, 0.25) is 4.34 Å². The second kappa shape index (κ2) is 4.43. The topological polar surface area (TPSA) is 0 Å². The average molecular weight is 269 g/mol. The summed E-state index contributed by atoms with van der Waals surface area (Å²) in [4.78, 5) is 0.887. The standard InChI is InChI=1S/C14H14ClFS/c1-14(2,3)9-5-4-6-10(16)13(9)11-7-8-12(15)17-11/h4-8H,1-3H3. The van der Waals surface area contributed by atoms with Gasteiger partial charge < -0.3 is 0 Å². The molecule has 0 bridgehead atoms. The van der Waals surface area contributed by atoms with E-state index in [-0.39, 0.29) is 11.2 Å². The molecule has 0 saturated carbocycles. The van der Waals surface area contributed by atoms with E-state index >= 15 is 0 Å². The van der Waals surface area contributed by atoms with Gasteiger partial charge in [0.2, 0.25) is 0 Å². The molecule has 0 aliphatic carbocycles. The van der Waals surface area contributed by atoms with Crippen LogP contribution >= 0.6 is 22.9 Å². The molecule has 0 N–H and O–H groups in total. The predicted octanol–water partition coefficient (Wildman–Crippen LogP) is 5.51. The lowest BCUT2D eigenvalue weighted by atomic mass is 9.83. The zero-order chi connectivity index (χ0) is 12.6. The third kappa shape index (κ3) is 2.53. The molecular weight excluding hydrogens is 255 g/mol. The SMILES string of the molecule is CC(C)(C)c1cccc(F)c1-c1ccc(Cl)s1. The van der Waals surface area contributed by atoms with Gasteiger partial charge in [-0.2, -0.15) is 0 Å². The predicted molar refractivity (Wildman–Crippen MR) is 73.4 cm³/mol. The lowest BCUT2D eigenvalue weighted by Gasteiger charge is -2.22. The number of hydrogen-bond acceptors (Lipinski definition) is 1. The molecule has 0 aliphatic heterocycles. The van der Waals surface area contributed by atoms with E-state index in [0.717, 1.165) is 10.4 Å². The number of benzene rings is 1.